The maximum absolute atomic E-state index is 12.6. The lowest BCUT2D eigenvalue weighted by Gasteiger charge is -2.25. The molecule has 0 aromatic heterocycles. The summed E-state index contributed by atoms with van der Waals surface area (Å²) in [6, 6.07) is 7.33. The third-order valence-corrected chi connectivity index (χ3v) is 8.24. The minimum Gasteiger partial charge on any atom is -0.494 e. The molecule has 2 aliphatic rings. The minimum atomic E-state index is -3.07. The van der Waals surface area contributed by atoms with E-state index in [9.17, 15) is 13.2 Å². The van der Waals surface area contributed by atoms with E-state index in [0.717, 1.165) is 24.3 Å². The second kappa shape index (κ2) is 8.22. The number of thioether (sulfide) groups is 1. The van der Waals surface area contributed by atoms with Crippen molar-refractivity contribution < 1.29 is 17.9 Å². The van der Waals surface area contributed by atoms with Crippen LogP contribution in [0.15, 0.2) is 29.3 Å². The van der Waals surface area contributed by atoms with E-state index in [4.69, 9.17) is 4.74 Å². The predicted molar refractivity (Wildman–Crippen MR) is 110 cm³/mol. The number of ether oxygens (including phenoxy) is 1. The Bertz CT molecular complexity index is 817. The van der Waals surface area contributed by atoms with Crippen LogP contribution in [-0.2, 0) is 14.6 Å². The third-order valence-electron chi connectivity index (χ3n) is 5.03. The first-order chi connectivity index (χ1) is 12.9. The van der Waals surface area contributed by atoms with Gasteiger partial charge in [0.1, 0.15) is 5.75 Å². The van der Waals surface area contributed by atoms with Crippen LogP contribution < -0.4 is 9.64 Å². The number of carbonyl (C=O) groups is 1. The molecule has 2 heterocycles. The van der Waals surface area contributed by atoms with E-state index >= 15 is 0 Å². The van der Waals surface area contributed by atoms with E-state index < -0.39 is 9.84 Å². The number of sulfone groups is 1. The Morgan fingerprint density at radius 1 is 1.22 bits per heavy atom. The number of anilines is 1. The molecule has 6 nitrogen and oxygen atoms in total. The lowest BCUT2D eigenvalue weighted by atomic mass is 10.0. The average Bonchev–Trinajstić information content (AvgIpc) is 3.08. The molecule has 27 heavy (non-hydrogen) atoms. The van der Waals surface area contributed by atoms with Gasteiger partial charge in [-0.15, -0.1) is 0 Å². The molecular weight excluding hydrogens is 384 g/mol. The van der Waals surface area contributed by atoms with Gasteiger partial charge in [-0.2, -0.15) is 4.99 Å². The summed E-state index contributed by atoms with van der Waals surface area (Å²) in [5, 5.41) is 0.524. The summed E-state index contributed by atoms with van der Waals surface area (Å²) < 4.78 is 29.7. The first-order valence-electron chi connectivity index (χ1n) is 9.40. The lowest BCUT2D eigenvalue weighted by molar-refractivity contribution is -0.121. The molecule has 2 saturated heterocycles. The fraction of sp³-hybridized carbons (Fsp3) is 0.579. The SMILES string of the molecule is CCOc1ccc(N2C(=NC(=O)C(CC)CC)S[C@@H]3CS(=O)(=O)C[C@@H]32)cc1. The number of hydrogen-bond acceptors (Lipinski definition) is 5. The van der Waals surface area contributed by atoms with Crippen molar-refractivity contribution in [1.82, 2.24) is 0 Å². The van der Waals surface area contributed by atoms with Gasteiger partial charge in [-0.05, 0) is 44.0 Å². The van der Waals surface area contributed by atoms with E-state index in [1.165, 1.54) is 11.8 Å². The number of fused-ring (bicyclic) bond motifs is 1. The van der Waals surface area contributed by atoms with Crippen molar-refractivity contribution in [2.24, 2.45) is 10.9 Å². The number of amides is 1. The summed E-state index contributed by atoms with van der Waals surface area (Å²) in [5.74, 6) is 0.769. The van der Waals surface area contributed by atoms with Crippen LogP contribution in [0.3, 0.4) is 0 Å². The van der Waals surface area contributed by atoms with Crippen molar-refractivity contribution in [1.29, 1.82) is 0 Å². The fourth-order valence-corrected chi connectivity index (χ4v) is 7.48. The van der Waals surface area contributed by atoms with Crippen LogP contribution in [0.25, 0.3) is 0 Å². The highest BCUT2D eigenvalue weighted by atomic mass is 32.2. The zero-order chi connectivity index (χ0) is 19.6. The minimum absolute atomic E-state index is 0.0881. The molecule has 0 spiro atoms. The standard InChI is InChI=1S/C19H26N2O4S2/c1-4-13(5-2)18(22)20-19-21(14-7-9-15(10-8-14)25-6-3)16-11-27(23,24)12-17(16)26-19/h7-10,13,16-17H,4-6,11-12H2,1-3H3/t16-,17+/m0/s1. The van der Waals surface area contributed by atoms with Crippen LogP contribution in [-0.4, -0.2) is 48.9 Å². The van der Waals surface area contributed by atoms with Crippen LogP contribution in [0.1, 0.15) is 33.6 Å². The highest BCUT2D eigenvalue weighted by Gasteiger charge is 2.49. The molecule has 1 amide bonds. The van der Waals surface area contributed by atoms with Gasteiger partial charge in [-0.1, -0.05) is 25.6 Å². The van der Waals surface area contributed by atoms with Gasteiger partial charge >= 0.3 is 0 Å². The van der Waals surface area contributed by atoms with Gasteiger partial charge in [0.25, 0.3) is 5.91 Å². The highest BCUT2D eigenvalue weighted by molar-refractivity contribution is 8.16. The van der Waals surface area contributed by atoms with Gasteiger partial charge in [0.2, 0.25) is 0 Å². The topological polar surface area (TPSA) is 76.0 Å². The Morgan fingerprint density at radius 2 is 1.89 bits per heavy atom. The Hall–Kier alpha value is -1.54. The molecule has 0 unspecified atom stereocenters. The van der Waals surface area contributed by atoms with Crippen molar-refractivity contribution in [3.63, 3.8) is 0 Å². The molecule has 2 atom stereocenters. The summed E-state index contributed by atoms with van der Waals surface area (Å²) in [5.41, 5.74) is 0.839. The molecule has 3 rings (SSSR count). The monoisotopic (exact) mass is 410 g/mol. The molecule has 2 aliphatic heterocycles. The van der Waals surface area contributed by atoms with Crippen molar-refractivity contribution in [2.75, 3.05) is 23.0 Å². The number of carbonyl (C=O) groups excluding carboxylic acids is 1. The molecule has 0 saturated carbocycles. The summed E-state index contributed by atoms with van der Waals surface area (Å²) in [7, 11) is -3.07. The van der Waals surface area contributed by atoms with Crippen LogP contribution in [0.4, 0.5) is 5.69 Å². The molecule has 0 radical (unpaired) electrons. The maximum atomic E-state index is 12.6. The van der Waals surface area contributed by atoms with Gasteiger partial charge in [-0.25, -0.2) is 8.42 Å². The average molecular weight is 411 g/mol. The molecule has 2 fully saturated rings. The van der Waals surface area contributed by atoms with E-state index in [1.54, 1.807) is 0 Å². The normalized spacial score (nSPS) is 25.2. The summed E-state index contributed by atoms with van der Waals surface area (Å²) in [6.07, 6.45) is 1.50. The van der Waals surface area contributed by atoms with Crippen LogP contribution in [0, 0.1) is 5.92 Å². The Balaban J connectivity index is 1.94. The quantitative estimate of drug-likeness (QED) is 0.717. The first-order valence-corrected chi connectivity index (χ1v) is 12.1. The number of hydrogen-bond donors (Lipinski definition) is 0. The van der Waals surface area contributed by atoms with Crippen molar-refractivity contribution in [2.45, 2.75) is 44.9 Å². The molecule has 0 N–H and O–H groups in total. The lowest BCUT2D eigenvalue weighted by Crippen LogP contribution is -2.37. The summed E-state index contributed by atoms with van der Waals surface area (Å²) in [4.78, 5) is 18.9. The molecule has 0 aliphatic carbocycles. The van der Waals surface area contributed by atoms with Crippen molar-refractivity contribution in [3.05, 3.63) is 24.3 Å². The second-order valence-electron chi connectivity index (χ2n) is 6.84. The number of amidine groups is 1. The Morgan fingerprint density at radius 3 is 2.48 bits per heavy atom. The van der Waals surface area contributed by atoms with E-state index in [2.05, 4.69) is 4.99 Å². The predicted octanol–water partition coefficient (Wildman–Crippen LogP) is 3.12. The number of rotatable bonds is 6. The van der Waals surface area contributed by atoms with Gasteiger partial charge in [0.15, 0.2) is 15.0 Å². The highest BCUT2D eigenvalue weighted by Crippen LogP contribution is 2.41. The number of benzene rings is 1. The first kappa shape index (κ1) is 20.2. The van der Waals surface area contributed by atoms with E-state index in [0.29, 0.717) is 11.8 Å². The largest absolute Gasteiger partial charge is 0.494 e. The van der Waals surface area contributed by atoms with Gasteiger partial charge in [-0.3, -0.25) is 4.79 Å². The van der Waals surface area contributed by atoms with Gasteiger partial charge in [0.05, 0.1) is 24.2 Å². The molecule has 1 aromatic carbocycles. The zero-order valence-electron chi connectivity index (χ0n) is 15.9. The van der Waals surface area contributed by atoms with Gasteiger partial charge < -0.3 is 9.64 Å². The fourth-order valence-electron chi connectivity index (χ4n) is 3.56. The van der Waals surface area contributed by atoms with Crippen LogP contribution in [0.2, 0.25) is 0 Å². The smallest absolute Gasteiger partial charge is 0.251 e. The summed E-state index contributed by atoms with van der Waals surface area (Å²) in [6.45, 7) is 6.48. The molecule has 0 bridgehead atoms. The van der Waals surface area contributed by atoms with Crippen LogP contribution >= 0.6 is 11.8 Å². The zero-order valence-corrected chi connectivity index (χ0v) is 17.6. The Labute approximate surface area is 165 Å². The molecule has 1 aromatic rings. The molecular formula is C19H26N2O4S2. The van der Waals surface area contributed by atoms with Crippen molar-refractivity contribution >= 4 is 38.4 Å². The molecule has 8 heteroatoms. The maximum Gasteiger partial charge on any atom is 0.251 e. The van der Waals surface area contributed by atoms with E-state index in [1.807, 2.05) is 49.9 Å². The Kier molecular flexibility index (Phi) is 6.15. The number of nitrogens with zero attached hydrogens (tertiary/aromatic N) is 2. The van der Waals surface area contributed by atoms with E-state index in [-0.39, 0.29) is 34.6 Å². The number of aliphatic imine (C=N–C) groups is 1. The van der Waals surface area contributed by atoms with Crippen LogP contribution in [0.5, 0.6) is 5.75 Å². The third kappa shape index (κ3) is 4.32. The second-order valence-corrected chi connectivity index (χ2v) is 10.2. The molecule has 148 valence electrons. The summed E-state index contributed by atoms with van der Waals surface area (Å²) >= 11 is 1.41. The van der Waals surface area contributed by atoms with Crippen molar-refractivity contribution in [3.8, 4) is 5.75 Å². The van der Waals surface area contributed by atoms with Gasteiger partial charge in [0, 0.05) is 16.9 Å².